The average molecular weight is 340 g/mol. The monoisotopic (exact) mass is 339 g/mol. The zero-order valence-corrected chi connectivity index (χ0v) is 13.6. The molecule has 2 aromatic rings. The minimum atomic E-state index is 0.674. The van der Waals surface area contributed by atoms with Gasteiger partial charge >= 0.3 is 0 Å². The number of hydrogen-bond donors (Lipinski definition) is 1. The number of benzene rings is 1. The van der Waals surface area contributed by atoms with Crippen LogP contribution in [0, 0.1) is 6.92 Å². The van der Waals surface area contributed by atoms with Gasteiger partial charge in [-0.2, -0.15) is 0 Å². The van der Waals surface area contributed by atoms with Gasteiger partial charge < -0.3 is 10.6 Å². The van der Waals surface area contributed by atoms with Crippen molar-refractivity contribution in [1.29, 1.82) is 0 Å². The lowest BCUT2D eigenvalue weighted by Gasteiger charge is -2.20. The van der Waals surface area contributed by atoms with Crippen LogP contribution >= 0.6 is 27.3 Å². The maximum Gasteiger partial charge on any atom is 0.0798 e. The van der Waals surface area contributed by atoms with Crippen LogP contribution in [0.15, 0.2) is 28.2 Å². The Balaban J connectivity index is 2.13. The van der Waals surface area contributed by atoms with E-state index >= 15 is 0 Å². The molecule has 0 saturated carbocycles. The predicted molar refractivity (Wildman–Crippen MR) is 85.9 cm³/mol. The molecule has 5 heteroatoms. The van der Waals surface area contributed by atoms with Crippen molar-refractivity contribution in [1.82, 2.24) is 4.98 Å². The van der Waals surface area contributed by atoms with Gasteiger partial charge in [-0.15, -0.1) is 11.3 Å². The second-order valence-corrected chi connectivity index (χ2v) is 6.33. The third-order valence-electron chi connectivity index (χ3n) is 3.12. The molecule has 0 fully saturated rings. The molecule has 19 heavy (non-hydrogen) atoms. The highest BCUT2D eigenvalue weighted by atomic mass is 79.9. The minimum absolute atomic E-state index is 0.674. The molecule has 0 atom stereocenters. The highest BCUT2D eigenvalue weighted by Crippen LogP contribution is 2.26. The lowest BCUT2D eigenvalue weighted by molar-refractivity contribution is 0.920. The molecular weight excluding hydrogens is 322 g/mol. The molecule has 1 aromatic heterocycles. The summed E-state index contributed by atoms with van der Waals surface area (Å²) in [5, 5.41) is 0. The van der Waals surface area contributed by atoms with E-state index in [2.05, 4.69) is 58.0 Å². The lowest BCUT2D eigenvalue weighted by atomic mass is 10.1. The summed E-state index contributed by atoms with van der Waals surface area (Å²) in [5.41, 5.74) is 11.1. The normalized spacial score (nSPS) is 10.7. The first-order valence-corrected chi connectivity index (χ1v) is 7.87. The van der Waals surface area contributed by atoms with Crippen LogP contribution in [0.3, 0.4) is 0 Å². The zero-order valence-electron chi connectivity index (χ0n) is 11.2. The van der Waals surface area contributed by atoms with E-state index in [1.165, 1.54) is 16.1 Å². The van der Waals surface area contributed by atoms with Crippen molar-refractivity contribution in [3.63, 3.8) is 0 Å². The molecule has 0 saturated heterocycles. The molecule has 2 rings (SSSR count). The molecular formula is C14H18BrN3S. The summed E-state index contributed by atoms with van der Waals surface area (Å²) in [6.07, 6.45) is 0.901. The van der Waals surface area contributed by atoms with Crippen LogP contribution in [-0.2, 0) is 13.0 Å². The summed E-state index contributed by atoms with van der Waals surface area (Å²) >= 11 is 5.32. The smallest absolute Gasteiger partial charge is 0.0798 e. The van der Waals surface area contributed by atoms with E-state index in [1.807, 2.05) is 5.51 Å². The Hall–Kier alpha value is -0.910. The molecule has 1 aromatic carbocycles. The third-order valence-corrected chi connectivity index (χ3v) is 4.77. The maximum absolute atomic E-state index is 5.60. The van der Waals surface area contributed by atoms with Gasteiger partial charge in [0.1, 0.15) is 0 Å². The molecule has 0 radical (unpaired) electrons. The molecule has 3 nitrogen and oxygen atoms in total. The molecule has 102 valence electrons. The van der Waals surface area contributed by atoms with E-state index in [9.17, 15) is 0 Å². The fourth-order valence-electron chi connectivity index (χ4n) is 1.92. The molecule has 0 amide bonds. The van der Waals surface area contributed by atoms with Crippen molar-refractivity contribution in [2.75, 3.05) is 18.5 Å². The van der Waals surface area contributed by atoms with Gasteiger partial charge in [-0.25, -0.2) is 4.98 Å². The standard InChI is InChI=1S/C14H18BrN3S/c1-10-14(19-9-17-10)8-18(2)12-4-3-11(5-6-16)13(15)7-12/h3-4,7,9H,5-6,8,16H2,1-2H3. The van der Waals surface area contributed by atoms with E-state index in [4.69, 9.17) is 5.73 Å². The third kappa shape index (κ3) is 3.55. The quantitative estimate of drug-likeness (QED) is 0.908. The number of halogens is 1. The van der Waals surface area contributed by atoms with Gasteiger partial charge in [-0.3, -0.25) is 0 Å². The Morgan fingerprint density at radius 1 is 1.42 bits per heavy atom. The van der Waals surface area contributed by atoms with Crippen LogP contribution in [0.5, 0.6) is 0 Å². The number of anilines is 1. The Morgan fingerprint density at radius 3 is 2.79 bits per heavy atom. The maximum atomic E-state index is 5.60. The second kappa shape index (κ2) is 6.50. The van der Waals surface area contributed by atoms with Crippen molar-refractivity contribution in [3.05, 3.63) is 44.3 Å². The van der Waals surface area contributed by atoms with Gasteiger partial charge in [0, 0.05) is 22.1 Å². The van der Waals surface area contributed by atoms with Crippen LogP contribution in [0.1, 0.15) is 16.1 Å². The van der Waals surface area contributed by atoms with Crippen molar-refractivity contribution >= 4 is 33.0 Å². The van der Waals surface area contributed by atoms with Gasteiger partial charge in [0.25, 0.3) is 0 Å². The summed E-state index contributed by atoms with van der Waals surface area (Å²) in [7, 11) is 2.10. The number of aromatic nitrogens is 1. The molecule has 0 unspecified atom stereocenters. The van der Waals surface area contributed by atoms with E-state index in [-0.39, 0.29) is 0 Å². The molecule has 0 aliphatic rings. The van der Waals surface area contributed by atoms with Crippen molar-refractivity contribution in [2.45, 2.75) is 19.9 Å². The summed E-state index contributed by atoms with van der Waals surface area (Å²) in [5.74, 6) is 0. The van der Waals surface area contributed by atoms with Crippen molar-refractivity contribution < 1.29 is 0 Å². The Morgan fingerprint density at radius 2 is 2.21 bits per heavy atom. The first-order chi connectivity index (χ1) is 9.11. The first kappa shape index (κ1) is 14.5. The van der Waals surface area contributed by atoms with E-state index in [0.29, 0.717) is 6.54 Å². The topological polar surface area (TPSA) is 42.2 Å². The Kier molecular flexibility index (Phi) is 4.96. The van der Waals surface area contributed by atoms with Crippen LogP contribution in [0.2, 0.25) is 0 Å². The van der Waals surface area contributed by atoms with Crippen molar-refractivity contribution in [3.8, 4) is 0 Å². The summed E-state index contributed by atoms with van der Waals surface area (Å²) in [6.45, 7) is 3.62. The summed E-state index contributed by atoms with van der Waals surface area (Å²) < 4.78 is 1.13. The second-order valence-electron chi connectivity index (χ2n) is 4.53. The number of hydrogen-bond acceptors (Lipinski definition) is 4. The van der Waals surface area contributed by atoms with Gasteiger partial charge in [0.2, 0.25) is 0 Å². The van der Waals surface area contributed by atoms with Crippen LogP contribution < -0.4 is 10.6 Å². The summed E-state index contributed by atoms with van der Waals surface area (Å²) in [4.78, 5) is 7.83. The van der Waals surface area contributed by atoms with Crippen LogP contribution in [0.25, 0.3) is 0 Å². The van der Waals surface area contributed by atoms with Gasteiger partial charge in [-0.05, 0) is 37.6 Å². The molecule has 2 N–H and O–H groups in total. The van der Waals surface area contributed by atoms with Crippen molar-refractivity contribution in [2.24, 2.45) is 5.73 Å². The number of thiazole rings is 1. The number of aryl methyl sites for hydroxylation is 1. The van der Waals surface area contributed by atoms with E-state index in [1.54, 1.807) is 11.3 Å². The van der Waals surface area contributed by atoms with Gasteiger partial charge in [0.05, 0.1) is 17.7 Å². The summed E-state index contributed by atoms with van der Waals surface area (Å²) in [6, 6.07) is 6.44. The Bertz CT molecular complexity index is 553. The molecule has 0 bridgehead atoms. The van der Waals surface area contributed by atoms with E-state index in [0.717, 1.165) is 23.1 Å². The Labute approximate surface area is 126 Å². The molecule has 1 heterocycles. The molecule has 0 aliphatic carbocycles. The highest BCUT2D eigenvalue weighted by molar-refractivity contribution is 9.10. The van der Waals surface area contributed by atoms with Gasteiger partial charge in [-0.1, -0.05) is 22.0 Å². The molecule has 0 spiro atoms. The fraction of sp³-hybridized carbons (Fsp3) is 0.357. The lowest BCUT2D eigenvalue weighted by Crippen LogP contribution is -2.16. The van der Waals surface area contributed by atoms with Crippen LogP contribution in [0.4, 0.5) is 5.69 Å². The molecule has 0 aliphatic heterocycles. The number of nitrogens with zero attached hydrogens (tertiary/aromatic N) is 2. The predicted octanol–water partition coefficient (Wildman–Crippen LogP) is 3.35. The zero-order chi connectivity index (χ0) is 13.8. The SMILES string of the molecule is Cc1ncsc1CN(C)c1ccc(CCN)c(Br)c1. The average Bonchev–Trinajstić information content (AvgIpc) is 2.78. The highest BCUT2D eigenvalue weighted by Gasteiger charge is 2.08. The van der Waals surface area contributed by atoms with Gasteiger partial charge in [0.15, 0.2) is 0 Å². The van der Waals surface area contributed by atoms with E-state index < -0.39 is 0 Å². The minimum Gasteiger partial charge on any atom is -0.369 e. The first-order valence-electron chi connectivity index (χ1n) is 6.20. The fourth-order valence-corrected chi connectivity index (χ4v) is 3.31. The van der Waals surface area contributed by atoms with Crippen LogP contribution in [-0.4, -0.2) is 18.6 Å². The largest absolute Gasteiger partial charge is 0.369 e. The number of nitrogens with two attached hydrogens (primary N) is 1. The number of rotatable bonds is 5.